The van der Waals surface area contributed by atoms with Gasteiger partial charge in [0.1, 0.15) is 11.3 Å². The molecule has 4 nitrogen and oxygen atoms in total. The molecule has 0 radical (unpaired) electrons. The molecule has 19 heavy (non-hydrogen) atoms. The Kier molecular flexibility index (Phi) is 2.87. The molecule has 3 rings (SSSR count). The largest absolute Gasteiger partial charge is 0.364 e. The highest BCUT2D eigenvalue weighted by molar-refractivity contribution is 5.85. The average molecular weight is 256 g/mol. The third-order valence-electron chi connectivity index (χ3n) is 3.00. The van der Waals surface area contributed by atoms with Crippen LogP contribution in [0.2, 0.25) is 0 Å². The highest BCUT2D eigenvalue weighted by Crippen LogP contribution is 2.19. The fourth-order valence-electron chi connectivity index (χ4n) is 2.02. The van der Waals surface area contributed by atoms with E-state index in [-0.39, 0.29) is 5.82 Å². The third-order valence-corrected chi connectivity index (χ3v) is 3.00. The molecular weight excluding hydrogens is 243 g/mol. The van der Waals surface area contributed by atoms with Gasteiger partial charge in [-0.25, -0.2) is 14.4 Å². The van der Waals surface area contributed by atoms with Gasteiger partial charge in [0, 0.05) is 19.8 Å². The number of halogens is 1. The van der Waals surface area contributed by atoms with Gasteiger partial charge in [0.25, 0.3) is 0 Å². The lowest BCUT2D eigenvalue weighted by atomic mass is 10.2. The van der Waals surface area contributed by atoms with Crippen molar-refractivity contribution in [3.8, 4) is 0 Å². The first-order valence-electron chi connectivity index (χ1n) is 5.98. The van der Waals surface area contributed by atoms with Crippen molar-refractivity contribution < 1.29 is 4.39 Å². The van der Waals surface area contributed by atoms with Crippen molar-refractivity contribution in [2.75, 3.05) is 5.32 Å². The van der Waals surface area contributed by atoms with Crippen LogP contribution in [-0.2, 0) is 13.6 Å². The van der Waals surface area contributed by atoms with Gasteiger partial charge in [0.15, 0.2) is 5.82 Å². The van der Waals surface area contributed by atoms with E-state index in [9.17, 15) is 4.39 Å². The maximum absolute atomic E-state index is 12.8. The maximum Gasteiger partial charge on any atom is 0.152 e. The predicted molar refractivity (Wildman–Crippen MR) is 72.2 cm³/mol. The third kappa shape index (κ3) is 2.27. The van der Waals surface area contributed by atoms with Gasteiger partial charge in [0.05, 0.1) is 11.8 Å². The minimum atomic E-state index is -0.226. The van der Waals surface area contributed by atoms with E-state index in [4.69, 9.17) is 0 Å². The number of aromatic nitrogens is 3. The maximum atomic E-state index is 12.8. The zero-order chi connectivity index (χ0) is 13.2. The SMILES string of the molecule is Cn1cnc2ccnc(NCc3ccc(F)cc3)c21. The number of aryl methyl sites for hydroxylation is 1. The van der Waals surface area contributed by atoms with E-state index in [0.717, 1.165) is 22.4 Å². The predicted octanol–water partition coefficient (Wildman–Crippen LogP) is 2.72. The van der Waals surface area contributed by atoms with Gasteiger partial charge in [-0.3, -0.25) is 0 Å². The van der Waals surface area contributed by atoms with Gasteiger partial charge in [0.2, 0.25) is 0 Å². The molecule has 0 amide bonds. The minimum absolute atomic E-state index is 0.226. The zero-order valence-corrected chi connectivity index (χ0v) is 10.5. The highest BCUT2D eigenvalue weighted by Gasteiger charge is 2.06. The Morgan fingerprint density at radius 1 is 1.16 bits per heavy atom. The molecule has 96 valence electrons. The number of hydrogen-bond acceptors (Lipinski definition) is 3. The van der Waals surface area contributed by atoms with Gasteiger partial charge < -0.3 is 9.88 Å². The van der Waals surface area contributed by atoms with Crippen molar-refractivity contribution in [3.63, 3.8) is 0 Å². The molecule has 0 atom stereocenters. The van der Waals surface area contributed by atoms with Crippen molar-refractivity contribution in [2.24, 2.45) is 7.05 Å². The van der Waals surface area contributed by atoms with Crippen LogP contribution in [-0.4, -0.2) is 14.5 Å². The Morgan fingerprint density at radius 3 is 2.74 bits per heavy atom. The molecule has 0 aliphatic carbocycles. The van der Waals surface area contributed by atoms with Gasteiger partial charge >= 0.3 is 0 Å². The second kappa shape index (κ2) is 4.68. The van der Waals surface area contributed by atoms with Gasteiger partial charge in [-0.05, 0) is 23.8 Å². The molecule has 5 heteroatoms. The zero-order valence-electron chi connectivity index (χ0n) is 10.5. The van der Waals surface area contributed by atoms with Crippen LogP contribution in [0.5, 0.6) is 0 Å². The van der Waals surface area contributed by atoms with Crippen LogP contribution in [0, 0.1) is 5.82 Å². The molecule has 0 aliphatic heterocycles. The Bertz CT molecular complexity index is 703. The van der Waals surface area contributed by atoms with Crippen LogP contribution in [0.15, 0.2) is 42.9 Å². The van der Waals surface area contributed by atoms with Gasteiger partial charge in [-0.15, -0.1) is 0 Å². The molecule has 0 fully saturated rings. The van der Waals surface area contributed by atoms with Gasteiger partial charge in [-0.2, -0.15) is 0 Å². The van der Waals surface area contributed by atoms with E-state index in [1.807, 2.05) is 17.7 Å². The minimum Gasteiger partial charge on any atom is -0.364 e. The van der Waals surface area contributed by atoms with Crippen LogP contribution in [0.4, 0.5) is 10.2 Å². The first-order chi connectivity index (χ1) is 9.24. The molecule has 0 unspecified atom stereocenters. The molecule has 0 saturated heterocycles. The number of nitrogens with zero attached hydrogens (tertiary/aromatic N) is 3. The van der Waals surface area contributed by atoms with E-state index >= 15 is 0 Å². The Balaban J connectivity index is 1.85. The second-order valence-electron chi connectivity index (χ2n) is 4.36. The molecule has 2 aromatic heterocycles. The Morgan fingerprint density at radius 2 is 1.95 bits per heavy atom. The molecule has 2 heterocycles. The normalized spacial score (nSPS) is 10.8. The molecule has 1 aromatic carbocycles. The van der Waals surface area contributed by atoms with E-state index in [1.54, 1.807) is 24.7 Å². The van der Waals surface area contributed by atoms with Gasteiger partial charge in [-0.1, -0.05) is 12.1 Å². The van der Waals surface area contributed by atoms with Crippen LogP contribution in [0.25, 0.3) is 11.0 Å². The average Bonchev–Trinajstić information content (AvgIpc) is 2.81. The summed E-state index contributed by atoms with van der Waals surface area (Å²) in [6.07, 6.45) is 3.48. The summed E-state index contributed by atoms with van der Waals surface area (Å²) in [6.45, 7) is 0.595. The molecule has 0 saturated carbocycles. The van der Waals surface area contributed by atoms with Crippen LogP contribution in [0.3, 0.4) is 0 Å². The fraction of sp³-hybridized carbons (Fsp3) is 0.143. The first kappa shape index (κ1) is 11.6. The van der Waals surface area contributed by atoms with Crippen molar-refractivity contribution in [1.29, 1.82) is 0 Å². The summed E-state index contributed by atoms with van der Waals surface area (Å²) in [6, 6.07) is 8.29. The number of benzene rings is 1. The number of hydrogen-bond donors (Lipinski definition) is 1. The summed E-state index contributed by atoms with van der Waals surface area (Å²) < 4.78 is 14.8. The topological polar surface area (TPSA) is 42.7 Å². The van der Waals surface area contributed by atoms with Crippen LogP contribution < -0.4 is 5.32 Å². The number of pyridine rings is 1. The molecule has 0 aliphatic rings. The lowest BCUT2D eigenvalue weighted by Gasteiger charge is -2.07. The van der Waals surface area contributed by atoms with Crippen LogP contribution >= 0.6 is 0 Å². The summed E-state index contributed by atoms with van der Waals surface area (Å²) >= 11 is 0. The van der Waals surface area contributed by atoms with Crippen molar-refractivity contribution in [2.45, 2.75) is 6.54 Å². The lowest BCUT2D eigenvalue weighted by molar-refractivity contribution is 0.627. The number of nitrogens with one attached hydrogen (secondary N) is 1. The van der Waals surface area contributed by atoms with E-state index < -0.39 is 0 Å². The van der Waals surface area contributed by atoms with Crippen molar-refractivity contribution >= 4 is 16.9 Å². The molecule has 1 N–H and O–H groups in total. The number of fused-ring (bicyclic) bond motifs is 1. The fourth-order valence-corrected chi connectivity index (χ4v) is 2.02. The summed E-state index contributed by atoms with van der Waals surface area (Å²) in [5.41, 5.74) is 2.87. The van der Waals surface area contributed by atoms with E-state index in [0.29, 0.717) is 6.54 Å². The van der Waals surface area contributed by atoms with Crippen molar-refractivity contribution in [1.82, 2.24) is 14.5 Å². The number of rotatable bonds is 3. The Hall–Kier alpha value is -2.43. The molecule has 0 spiro atoms. The summed E-state index contributed by atoms with van der Waals surface area (Å²) in [7, 11) is 1.93. The monoisotopic (exact) mass is 256 g/mol. The smallest absolute Gasteiger partial charge is 0.152 e. The highest BCUT2D eigenvalue weighted by atomic mass is 19.1. The lowest BCUT2D eigenvalue weighted by Crippen LogP contribution is -2.03. The van der Waals surface area contributed by atoms with Crippen LogP contribution in [0.1, 0.15) is 5.56 Å². The molecule has 0 bridgehead atoms. The second-order valence-corrected chi connectivity index (χ2v) is 4.36. The molecular formula is C14H13FN4. The first-order valence-corrected chi connectivity index (χ1v) is 5.98. The number of anilines is 1. The standard InChI is InChI=1S/C14H13FN4/c1-19-9-18-12-6-7-16-14(13(12)19)17-8-10-2-4-11(15)5-3-10/h2-7,9H,8H2,1H3,(H,16,17). The number of imidazole rings is 1. The summed E-state index contributed by atoms with van der Waals surface area (Å²) in [5.74, 6) is 0.553. The van der Waals surface area contributed by atoms with E-state index in [1.165, 1.54) is 12.1 Å². The summed E-state index contributed by atoms with van der Waals surface area (Å²) in [5, 5.41) is 3.26. The summed E-state index contributed by atoms with van der Waals surface area (Å²) in [4.78, 5) is 8.61. The van der Waals surface area contributed by atoms with E-state index in [2.05, 4.69) is 15.3 Å². The molecule has 3 aromatic rings. The Labute approximate surface area is 109 Å². The quantitative estimate of drug-likeness (QED) is 0.783. The van der Waals surface area contributed by atoms with Crippen molar-refractivity contribution in [3.05, 3.63) is 54.2 Å².